The van der Waals surface area contributed by atoms with Crippen LogP contribution in [0.3, 0.4) is 0 Å². The molecular formula is C29H32N2O2S. The fourth-order valence-corrected chi connectivity index (χ4v) is 8.47. The summed E-state index contributed by atoms with van der Waals surface area (Å²) in [5.41, 5.74) is 2.06. The first-order valence-electron chi connectivity index (χ1n) is 12.6. The van der Waals surface area contributed by atoms with E-state index in [0.717, 1.165) is 33.9 Å². The average molecular weight is 473 g/mol. The lowest BCUT2D eigenvalue weighted by Gasteiger charge is -2.59. The molecule has 1 N–H and O–H groups in total. The number of amides is 2. The zero-order valence-corrected chi connectivity index (χ0v) is 20.5. The molecule has 5 aliphatic rings. The predicted octanol–water partition coefficient (Wildman–Crippen LogP) is 5.89. The molecule has 2 amide bonds. The molecule has 4 nitrogen and oxygen atoms in total. The van der Waals surface area contributed by atoms with E-state index in [1.54, 1.807) is 4.90 Å². The summed E-state index contributed by atoms with van der Waals surface area (Å²) in [7, 11) is 0. The topological polar surface area (TPSA) is 49.4 Å². The summed E-state index contributed by atoms with van der Waals surface area (Å²) < 4.78 is 0. The quantitative estimate of drug-likeness (QED) is 0.552. The molecule has 4 aliphatic carbocycles. The van der Waals surface area contributed by atoms with Crippen LogP contribution in [0.5, 0.6) is 0 Å². The Morgan fingerprint density at radius 3 is 2.32 bits per heavy atom. The van der Waals surface area contributed by atoms with Gasteiger partial charge in [0.25, 0.3) is 5.91 Å². The van der Waals surface area contributed by atoms with Crippen LogP contribution in [0.2, 0.25) is 0 Å². The summed E-state index contributed by atoms with van der Waals surface area (Å²) in [5.74, 6) is 2.39. The number of anilines is 1. The van der Waals surface area contributed by atoms with Gasteiger partial charge in [-0.15, -0.1) is 0 Å². The summed E-state index contributed by atoms with van der Waals surface area (Å²) in [5, 5.41) is 3.34. The van der Waals surface area contributed by atoms with Gasteiger partial charge in [0.05, 0.1) is 10.6 Å². The molecule has 0 spiro atoms. The summed E-state index contributed by atoms with van der Waals surface area (Å²) >= 11 is 1.48. The van der Waals surface area contributed by atoms with Crippen LogP contribution in [0.1, 0.15) is 51.0 Å². The van der Waals surface area contributed by atoms with Crippen molar-refractivity contribution in [3.63, 3.8) is 0 Å². The molecule has 1 aliphatic heterocycles. The van der Waals surface area contributed by atoms with Gasteiger partial charge in [-0.25, -0.2) is 0 Å². The number of hydrogen-bond donors (Lipinski definition) is 1. The van der Waals surface area contributed by atoms with Crippen molar-refractivity contribution >= 4 is 35.3 Å². The van der Waals surface area contributed by atoms with E-state index in [0.29, 0.717) is 4.91 Å². The average Bonchev–Trinajstić information content (AvgIpc) is 2.81. The van der Waals surface area contributed by atoms with Crippen LogP contribution in [0.25, 0.3) is 6.08 Å². The highest BCUT2D eigenvalue weighted by atomic mass is 32.2. The molecular weight excluding hydrogens is 440 g/mol. The minimum atomic E-state index is -0.106. The number of nitrogens with one attached hydrogen (secondary N) is 1. The lowest BCUT2D eigenvalue weighted by atomic mass is 9.48. The molecule has 2 aromatic carbocycles. The molecule has 0 saturated heterocycles. The maximum absolute atomic E-state index is 13.5. The van der Waals surface area contributed by atoms with Crippen molar-refractivity contribution in [3.05, 3.63) is 65.1 Å². The number of nitrogens with zero attached hydrogens (tertiary/aromatic N) is 1. The van der Waals surface area contributed by atoms with Gasteiger partial charge in [-0.05, 0) is 92.4 Å². The van der Waals surface area contributed by atoms with Gasteiger partial charge < -0.3 is 5.32 Å². The highest BCUT2D eigenvalue weighted by Gasteiger charge is 2.53. The summed E-state index contributed by atoms with van der Waals surface area (Å²) in [6, 6.07) is 17.9. The first-order chi connectivity index (χ1) is 16.5. The van der Waals surface area contributed by atoms with Gasteiger partial charge in [0.2, 0.25) is 5.91 Å². The number of benzene rings is 2. The Morgan fingerprint density at radius 1 is 1.03 bits per heavy atom. The highest BCUT2D eigenvalue weighted by molar-refractivity contribution is 8.04. The molecule has 1 atom stereocenters. The summed E-state index contributed by atoms with van der Waals surface area (Å²) in [6.45, 7) is 2.26. The third-order valence-corrected chi connectivity index (χ3v) is 9.69. The van der Waals surface area contributed by atoms with E-state index in [9.17, 15) is 9.59 Å². The lowest BCUT2D eigenvalue weighted by molar-refractivity contribution is -0.126. The minimum absolute atomic E-state index is 0.0548. The smallest absolute Gasteiger partial charge is 0.265 e. The van der Waals surface area contributed by atoms with Gasteiger partial charge in [-0.2, -0.15) is 0 Å². The maximum atomic E-state index is 13.5. The van der Waals surface area contributed by atoms with Crippen LogP contribution in [0, 0.1) is 23.2 Å². The number of carbonyl (C=O) groups excluding carboxylic acids is 2. The van der Waals surface area contributed by atoms with Gasteiger partial charge in [0, 0.05) is 10.9 Å². The summed E-state index contributed by atoms with van der Waals surface area (Å²) in [4.78, 5) is 30.1. The Morgan fingerprint density at radius 2 is 1.65 bits per heavy atom. The second kappa shape index (κ2) is 8.60. The molecule has 34 heavy (non-hydrogen) atoms. The van der Waals surface area contributed by atoms with E-state index in [1.165, 1.54) is 50.3 Å². The Kier molecular flexibility index (Phi) is 5.56. The normalized spacial score (nSPS) is 31.4. The number of fused-ring (bicyclic) bond motifs is 1. The van der Waals surface area contributed by atoms with E-state index in [2.05, 4.69) is 12.2 Å². The molecule has 1 unspecified atom stereocenters. The zero-order valence-electron chi connectivity index (χ0n) is 19.7. The second-order valence-electron chi connectivity index (χ2n) is 10.9. The van der Waals surface area contributed by atoms with Gasteiger partial charge in [0.15, 0.2) is 0 Å². The van der Waals surface area contributed by atoms with Crippen LogP contribution in [-0.2, 0) is 9.59 Å². The Hall–Kier alpha value is -2.53. The Bertz CT molecular complexity index is 1110. The second-order valence-corrected chi connectivity index (χ2v) is 12.0. The van der Waals surface area contributed by atoms with E-state index in [4.69, 9.17) is 0 Å². The first-order valence-corrected chi connectivity index (χ1v) is 13.5. The predicted molar refractivity (Wildman–Crippen MR) is 137 cm³/mol. The third kappa shape index (κ3) is 3.98. The third-order valence-electron chi connectivity index (χ3n) is 8.61. The van der Waals surface area contributed by atoms with E-state index in [-0.39, 0.29) is 29.8 Å². The van der Waals surface area contributed by atoms with Crippen LogP contribution >= 0.6 is 11.8 Å². The molecule has 5 heteroatoms. The van der Waals surface area contributed by atoms with Crippen molar-refractivity contribution in [2.45, 2.75) is 56.4 Å². The molecule has 4 bridgehead atoms. The van der Waals surface area contributed by atoms with Gasteiger partial charge >= 0.3 is 0 Å². The highest BCUT2D eigenvalue weighted by Crippen LogP contribution is 2.61. The minimum Gasteiger partial charge on any atom is -0.352 e. The summed E-state index contributed by atoms with van der Waals surface area (Å²) in [6.07, 6.45) is 9.88. The van der Waals surface area contributed by atoms with Crippen molar-refractivity contribution < 1.29 is 9.59 Å². The fourth-order valence-electron chi connectivity index (χ4n) is 7.41. The van der Waals surface area contributed by atoms with Gasteiger partial charge in [-0.1, -0.05) is 54.2 Å². The van der Waals surface area contributed by atoms with Gasteiger partial charge in [0.1, 0.15) is 6.54 Å². The molecule has 176 valence electrons. The van der Waals surface area contributed by atoms with Crippen molar-refractivity contribution in [1.82, 2.24) is 5.32 Å². The number of carbonyl (C=O) groups is 2. The molecule has 0 radical (unpaired) electrons. The van der Waals surface area contributed by atoms with Crippen LogP contribution in [0.4, 0.5) is 5.69 Å². The van der Waals surface area contributed by atoms with Crippen molar-refractivity contribution in [2.75, 3.05) is 11.4 Å². The number of para-hydroxylation sites is 1. The van der Waals surface area contributed by atoms with Gasteiger partial charge in [-0.3, -0.25) is 14.5 Å². The van der Waals surface area contributed by atoms with Crippen LogP contribution in [0.15, 0.2) is 64.4 Å². The SMILES string of the molecule is CC(NC(=O)CN1C(=O)/C(=C/c2ccccc2)Sc2ccccc21)C12CC3CC(CC(C3)C1)C2. The largest absolute Gasteiger partial charge is 0.352 e. The molecule has 4 saturated carbocycles. The van der Waals surface area contributed by atoms with Crippen LogP contribution < -0.4 is 10.2 Å². The molecule has 0 aromatic heterocycles. The Labute approximate surface area is 206 Å². The Balaban J connectivity index is 1.21. The van der Waals surface area contributed by atoms with E-state index >= 15 is 0 Å². The molecule has 7 rings (SSSR count). The van der Waals surface area contributed by atoms with Crippen LogP contribution in [-0.4, -0.2) is 24.4 Å². The first kappa shape index (κ1) is 22.0. The zero-order chi connectivity index (χ0) is 23.3. The molecule has 1 heterocycles. The number of thioether (sulfide) groups is 1. The van der Waals surface area contributed by atoms with Crippen molar-refractivity contribution in [1.29, 1.82) is 0 Å². The van der Waals surface area contributed by atoms with Crippen molar-refractivity contribution in [2.24, 2.45) is 23.2 Å². The number of rotatable bonds is 5. The number of hydrogen-bond acceptors (Lipinski definition) is 3. The van der Waals surface area contributed by atoms with Crippen molar-refractivity contribution in [3.8, 4) is 0 Å². The molecule has 2 aromatic rings. The maximum Gasteiger partial charge on any atom is 0.265 e. The van der Waals surface area contributed by atoms with E-state index in [1.807, 2.05) is 60.7 Å². The lowest BCUT2D eigenvalue weighted by Crippen LogP contribution is -2.57. The standard InChI is InChI=1S/C29H32N2O2S/c1-19(29-15-21-11-22(16-29)13-23(12-21)17-29)30-27(32)18-31-24-9-5-6-10-25(24)34-26(28(31)33)14-20-7-3-2-4-8-20/h2-10,14,19,21-23H,11-13,15-18H2,1H3,(H,30,32)/b26-14-. The van der Waals surface area contributed by atoms with E-state index < -0.39 is 0 Å². The monoisotopic (exact) mass is 472 g/mol. The fraction of sp³-hybridized carbons (Fsp3) is 0.448. The molecule has 4 fully saturated rings.